The van der Waals surface area contributed by atoms with Crippen molar-refractivity contribution in [3.63, 3.8) is 0 Å². The summed E-state index contributed by atoms with van der Waals surface area (Å²) in [6.07, 6.45) is 4.08. The topological polar surface area (TPSA) is 0 Å². The van der Waals surface area contributed by atoms with Gasteiger partial charge in [0.25, 0.3) is 0 Å². The van der Waals surface area contributed by atoms with Crippen molar-refractivity contribution in [3.05, 3.63) is 0 Å². The Morgan fingerprint density at radius 1 is 1.30 bits per heavy atom. The van der Waals surface area contributed by atoms with Crippen LogP contribution in [0.25, 0.3) is 0 Å². The van der Waals surface area contributed by atoms with Gasteiger partial charge in [-0.3, -0.25) is 0 Å². The van der Waals surface area contributed by atoms with Crippen LogP contribution in [0.2, 0.25) is 0 Å². The molecule has 0 bridgehead atoms. The van der Waals surface area contributed by atoms with E-state index in [1.807, 2.05) is 0 Å². The summed E-state index contributed by atoms with van der Waals surface area (Å²) in [5, 5.41) is 0. The molecule has 0 aliphatic carbocycles. The minimum absolute atomic E-state index is 0.250. The molecule has 0 aromatic carbocycles. The van der Waals surface area contributed by atoms with Gasteiger partial charge in [0, 0.05) is 0 Å². The molecule has 0 heterocycles. The van der Waals surface area contributed by atoms with E-state index in [4.69, 9.17) is 0 Å². The summed E-state index contributed by atoms with van der Waals surface area (Å²) in [4.78, 5) is 0. The fourth-order valence-corrected chi connectivity index (χ4v) is 0.697. The molecule has 0 nitrogen and oxygen atoms in total. The minimum atomic E-state index is -0.250. The van der Waals surface area contributed by atoms with Crippen LogP contribution in [-0.2, 0) is 13.2 Å². The Bertz CT molecular complexity index is 50.9. The first-order chi connectivity index (χ1) is 4.72. The second-order valence-corrected chi connectivity index (χ2v) is 16.5. The molecule has 1 atom stereocenters. The molecule has 0 aliphatic heterocycles. The van der Waals surface area contributed by atoms with E-state index in [9.17, 15) is 0 Å². The molecule has 10 heavy (non-hydrogen) atoms. The van der Waals surface area contributed by atoms with Crippen molar-refractivity contribution < 1.29 is 13.2 Å². The average Bonchev–Trinajstić information content (AvgIpc) is 1.90. The molecule has 0 aromatic rings. The van der Waals surface area contributed by atoms with Crippen LogP contribution in [-0.4, -0.2) is 0 Å². The van der Waals surface area contributed by atoms with Crippen molar-refractivity contribution in [2.24, 2.45) is 5.92 Å². The van der Waals surface area contributed by atoms with Gasteiger partial charge in [0.2, 0.25) is 0 Å². The van der Waals surface area contributed by atoms with Gasteiger partial charge in [0.05, 0.1) is 0 Å². The van der Waals surface area contributed by atoms with E-state index < -0.39 is 0 Å². The summed E-state index contributed by atoms with van der Waals surface area (Å²) in [6, 6.07) is 0. The molecule has 0 saturated carbocycles. The first kappa shape index (κ1) is 14.1. The summed E-state index contributed by atoms with van der Waals surface area (Å²) in [6.45, 7) is 6.80. The van der Waals surface area contributed by atoms with Gasteiger partial charge in [-0.1, -0.05) is 40.0 Å². The third kappa shape index (κ3) is 16.3. The fraction of sp³-hybridized carbons (Fsp3) is 1.00. The summed E-state index contributed by atoms with van der Waals surface area (Å²) in [5.74, 6) is 0.949. The van der Waals surface area contributed by atoms with Gasteiger partial charge in [-0.25, -0.2) is 0 Å². The van der Waals surface area contributed by atoms with Crippen LogP contribution < -0.4 is 0 Å². The van der Waals surface area contributed by atoms with Crippen molar-refractivity contribution in [2.75, 3.05) is 0 Å². The normalized spacial score (nSPS) is 10.9. The predicted octanol–water partition coefficient (Wildman–Crippen LogP) is 4.52. The van der Waals surface area contributed by atoms with Crippen molar-refractivity contribution >= 4 is 27.2 Å². The van der Waals surface area contributed by atoms with Crippen molar-refractivity contribution in [3.8, 4) is 0 Å². The van der Waals surface area contributed by atoms with Crippen LogP contribution in [0.3, 0.4) is 0 Å². The van der Waals surface area contributed by atoms with E-state index >= 15 is 0 Å². The Hall–Kier alpha value is 1.58. The molecular weight excluding hydrogens is 309 g/mol. The average molecular weight is 325 g/mol. The van der Waals surface area contributed by atoms with E-state index in [-0.39, 0.29) is 13.2 Å². The SMILES string of the molecule is CCCC(C)CC.[Br][Zn][Br]. The Labute approximate surface area is 85.8 Å². The molecule has 0 aromatic heterocycles. The van der Waals surface area contributed by atoms with E-state index in [0.29, 0.717) is 0 Å². The molecule has 0 fully saturated rings. The van der Waals surface area contributed by atoms with E-state index in [1.165, 1.54) is 19.3 Å². The summed E-state index contributed by atoms with van der Waals surface area (Å²) < 4.78 is 0. The molecule has 0 radical (unpaired) electrons. The number of hydrogen-bond donors (Lipinski definition) is 0. The molecule has 0 aliphatic rings. The molecule has 0 spiro atoms. The van der Waals surface area contributed by atoms with E-state index in [0.717, 1.165) is 5.92 Å². The van der Waals surface area contributed by atoms with Gasteiger partial charge in [0.15, 0.2) is 0 Å². The van der Waals surface area contributed by atoms with Gasteiger partial charge < -0.3 is 0 Å². The molecule has 0 saturated heterocycles. The molecule has 0 rings (SSSR count). The third-order valence-electron chi connectivity index (χ3n) is 1.48. The molecular formula is C7H16Br2Zn. The van der Waals surface area contributed by atoms with Crippen LogP contribution in [0, 0.1) is 5.92 Å². The number of hydrogen-bond acceptors (Lipinski definition) is 0. The Kier molecular flexibility index (Phi) is 18.6. The van der Waals surface area contributed by atoms with Gasteiger partial charge in [-0.15, -0.1) is 0 Å². The van der Waals surface area contributed by atoms with Crippen LogP contribution in [0.1, 0.15) is 40.0 Å². The molecule has 60 valence electrons. The Morgan fingerprint density at radius 3 is 1.80 bits per heavy atom. The second kappa shape index (κ2) is 13.2. The summed E-state index contributed by atoms with van der Waals surface area (Å²) >= 11 is 6.25. The first-order valence-electron chi connectivity index (χ1n) is 3.84. The van der Waals surface area contributed by atoms with Crippen molar-refractivity contribution in [1.82, 2.24) is 0 Å². The van der Waals surface area contributed by atoms with Crippen molar-refractivity contribution in [1.29, 1.82) is 0 Å². The third-order valence-corrected chi connectivity index (χ3v) is 1.48. The zero-order chi connectivity index (χ0) is 8.41. The van der Waals surface area contributed by atoms with Gasteiger partial charge in [0.1, 0.15) is 0 Å². The second-order valence-electron chi connectivity index (χ2n) is 2.40. The predicted molar refractivity (Wildman–Crippen MR) is 52.2 cm³/mol. The molecule has 0 N–H and O–H groups in total. The standard InChI is InChI=1S/C7H16.2BrH.Zn/c1-4-6-7(3)5-2;;;/h7H,4-6H2,1-3H3;2*1H;/q;;;+2/p-2. The Morgan fingerprint density at radius 2 is 1.70 bits per heavy atom. The fourth-order valence-electron chi connectivity index (χ4n) is 0.697. The zero-order valence-electron chi connectivity index (χ0n) is 7.16. The quantitative estimate of drug-likeness (QED) is 0.669. The molecule has 1 unspecified atom stereocenters. The van der Waals surface area contributed by atoms with Gasteiger partial charge in [-0.2, -0.15) is 0 Å². The maximum absolute atomic E-state index is 3.25. The molecule has 0 amide bonds. The monoisotopic (exact) mass is 322 g/mol. The van der Waals surface area contributed by atoms with Crippen LogP contribution in [0.4, 0.5) is 0 Å². The van der Waals surface area contributed by atoms with Gasteiger partial charge in [-0.05, 0) is 5.92 Å². The van der Waals surface area contributed by atoms with Gasteiger partial charge >= 0.3 is 40.5 Å². The van der Waals surface area contributed by atoms with Crippen LogP contribution in [0.5, 0.6) is 0 Å². The number of rotatable bonds is 3. The summed E-state index contributed by atoms with van der Waals surface area (Å²) in [7, 11) is 0. The Balaban J connectivity index is 0. The molecule has 3 heteroatoms. The van der Waals surface area contributed by atoms with Crippen LogP contribution in [0.15, 0.2) is 0 Å². The first-order valence-corrected chi connectivity index (χ1v) is 17.7. The van der Waals surface area contributed by atoms with Crippen molar-refractivity contribution in [2.45, 2.75) is 40.0 Å². The number of halogens is 2. The van der Waals surface area contributed by atoms with Crippen LogP contribution >= 0.6 is 27.2 Å². The summed E-state index contributed by atoms with van der Waals surface area (Å²) in [5.41, 5.74) is 0. The zero-order valence-corrected chi connectivity index (χ0v) is 13.3. The maximum atomic E-state index is 3.25. The van der Waals surface area contributed by atoms with E-state index in [2.05, 4.69) is 48.0 Å². The van der Waals surface area contributed by atoms with E-state index in [1.54, 1.807) is 0 Å².